The standard InChI is InChI=1S/C7H6ClN3/c1-5-6(8)3-2-4-7(5)10-11-9/h2-4H,1H3. The van der Waals surface area contributed by atoms with E-state index in [1.165, 1.54) is 0 Å². The molecule has 0 radical (unpaired) electrons. The molecule has 0 atom stereocenters. The second kappa shape index (κ2) is 3.28. The summed E-state index contributed by atoms with van der Waals surface area (Å²) >= 11 is 5.77. The Balaban J connectivity index is 3.26. The molecule has 1 aromatic rings. The number of hydrogen-bond donors (Lipinski definition) is 0. The summed E-state index contributed by atoms with van der Waals surface area (Å²) in [6.45, 7) is 1.81. The van der Waals surface area contributed by atoms with Crippen molar-refractivity contribution >= 4 is 17.3 Å². The van der Waals surface area contributed by atoms with Crippen LogP contribution in [0.5, 0.6) is 0 Å². The fraction of sp³-hybridized carbons (Fsp3) is 0.143. The van der Waals surface area contributed by atoms with Crippen molar-refractivity contribution in [1.82, 2.24) is 0 Å². The van der Waals surface area contributed by atoms with Crippen molar-refractivity contribution in [2.75, 3.05) is 0 Å². The van der Waals surface area contributed by atoms with Gasteiger partial charge >= 0.3 is 0 Å². The Morgan fingerprint density at radius 1 is 1.55 bits per heavy atom. The van der Waals surface area contributed by atoms with Crippen molar-refractivity contribution in [3.05, 3.63) is 39.2 Å². The van der Waals surface area contributed by atoms with E-state index < -0.39 is 0 Å². The van der Waals surface area contributed by atoms with E-state index in [9.17, 15) is 0 Å². The summed E-state index contributed by atoms with van der Waals surface area (Å²) in [5.41, 5.74) is 9.55. The van der Waals surface area contributed by atoms with Gasteiger partial charge in [0.2, 0.25) is 0 Å². The van der Waals surface area contributed by atoms with Crippen LogP contribution in [0.4, 0.5) is 5.69 Å². The average Bonchev–Trinajstić information content (AvgIpc) is 1.99. The first-order valence-corrected chi connectivity index (χ1v) is 3.43. The molecule has 0 aromatic heterocycles. The van der Waals surface area contributed by atoms with Crippen molar-refractivity contribution in [2.24, 2.45) is 5.11 Å². The van der Waals surface area contributed by atoms with Gasteiger partial charge in [0.05, 0.1) is 0 Å². The van der Waals surface area contributed by atoms with E-state index in [4.69, 9.17) is 17.1 Å². The molecule has 1 rings (SSSR count). The average molecular weight is 168 g/mol. The van der Waals surface area contributed by atoms with Crippen LogP contribution in [0.1, 0.15) is 5.56 Å². The normalized spacial score (nSPS) is 8.91. The maximum Gasteiger partial charge on any atom is 0.0439 e. The molecule has 1 aromatic carbocycles. The molecule has 0 heterocycles. The number of hydrogen-bond acceptors (Lipinski definition) is 1. The van der Waals surface area contributed by atoms with Gasteiger partial charge in [-0.2, -0.15) is 0 Å². The fourth-order valence-corrected chi connectivity index (χ4v) is 0.922. The SMILES string of the molecule is Cc1c(Cl)cccc1N=[N+]=[N-]. The lowest BCUT2D eigenvalue weighted by atomic mass is 10.2. The first-order chi connectivity index (χ1) is 5.25. The van der Waals surface area contributed by atoms with E-state index in [-0.39, 0.29) is 0 Å². The van der Waals surface area contributed by atoms with Gasteiger partial charge in [-0.05, 0) is 24.1 Å². The molecule has 0 bridgehead atoms. The van der Waals surface area contributed by atoms with Crippen LogP contribution in [0, 0.1) is 6.92 Å². The third-order valence-electron chi connectivity index (χ3n) is 1.39. The topological polar surface area (TPSA) is 48.8 Å². The number of benzene rings is 1. The van der Waals surface area contributed by atoms with E-state index in [0.717, 1.165) is 5.56 Å². The van der Waals surface area contributed by atoms with E-state index >= 15 is 0 Å². The van der Waals surface area contributed by atoms with Gasteiger partial charge in [0.1, 0.15) is 0 Å². The number of azide groups is 1. The van der Waals surface area contributed by atoms with Gasteiger partial charge in [0.25, 0.3) is 0 Å². The predicted octanol–water partition coefficient (Wildman–Crippen LogP) is 3.59. The van der Waals surface area contributed by atoms with Crippen LogP contribution in [-0.2, 0) is 0 Å². The van der Waals surface area contributed by atoms with Gasteiger partial charge in [-0.1, -0.05) is 28.8 Å². The number of halogens is 1. The molecule has 0 unspecified atom stereocenters. The molecule has 0 fully saturated rings. The summed E-state index contributed by atoms with van der Waals surface area (Å²) in [5.74, 6) is 0. The van der Waals surface area contributed by atoms with Crippen molar-refractivity contribution in [1.29, 1.82) is 0 Å². The molecule has 3 nitrogen and oxygen atoms in total. The molecule has 0 N–H and O–H groups in total. The summed E-state index contributed by atoms with van der Waals surface area (Å²) in [5, 5.41) is 4.08. The monoisotopic (exact) mass is 167 g/mol. The van der Waals surface area contributed by atoms with E-state index in [1.807, 2.05) is 6.92 Å². The molecular weight excluding hydrogens is 162 g/mol. The summed E-state index contributed by atoms with van der Waals surface area (Å²) < 4.78 is 0. The highest BCUT2D eigenvalue weighted by molar-refractivity contribution is 6.31. The number of rotatable bonds is 1. The zero-order valence-electron chi connectivity index (χ0n) is 5.95. The minimum Gasteiger partial charge on any atom is -0.0840 e. The zero-order valence-corrected chi connectivity index (χ0v) is 6.71. The van der Waals surface area contributed by atoms with Gasteiger partial charge in [-0.15, -0.1) is 0 Å². The highest BCUT2D eigenvalue weighted by Gasteiger charge is 1.97. The maximum atomic E-state index is 8.15. The highest BCUT2D eigenvalue weighted by Crippen LogP contribution is 2.25. The Hall–Kier alpha value is -1.18. The van der Waals surface area contributed by atoms with Crippen LogP contribution < -0.4 is 0 Å². The third-order valence-corrected chi connectivity index (χ3v) is 1.80. The minimum absolute atomic E-state index is 0.583. The van der Waals surface area contributed by atoms with Crippen molar-refractivity contribution < 1.29 is 0 Å². The lowest BCUT2D eigenvalue weighted by Crippen LogP contribution is -1.73. The van der Waals surface area contributed by atoms with Crippen LogP contribution in [0.25, 0.3) is 10.4 Å². The van der Waals surface area contributed by atoms with Crippen LogP contribution in [-0.4, -0.2) is 0 Å². The first-order valence-electron chi connectivity index (χ1n) is 3.06. The Bertz CT molecular complexity index is 315. The Kier molecular flexibility index (Phi) is 2.36. The van der Waals surface area contributed by atoms with Crippen LogP contribution >= 0.6 is 11.6 Å². The van der Waals surface area contributed by atoms with Crippen LogP contribution in [0.2, 0.25) is 5.02 Å². The van der Waals surface area contributed by atoms with E-state index in [2.05, 4.69) is 10.0 Å². The summed E-state index contributed by atoms with van der Waals surface area (Å²) in [7, 11) is 0. The molecule has 0 amide bonds. The third kappa shape index (κ3) is 1.64. The minimum atomic E-state index is 0.583. The second-order valence-electron chi connectivity index (χ2n) is 2.07. The van der Waals surface area contributed by atoms with E-state index in [1.54, 1.807) is 18.2 Å². The highest BCUT2D eigenvalue weighted by atomic mass is 35.5. The maximum absolute atomic E-state index is 8.15. The number of nitrogens with zero attached hydrogens (tertiary/aromatic N) is 3. The largest absolute Gasteiger partial charge is 0.0840 e. The van der Waals surface area contributed by atoms with Gasteiger partial charge in [-0.3, -0.25) is 0 Å². The van der Waals surface area contributed by atoms with Crippen molar-refractivity contribution in [3.8, 4) is 0 Å². The Morgan fingerprint density at radius 3 is 2.91 bits per heavy atom. The second-order valence-corrected chi connectivity index (χ2v) is 2.48. The fourth-order valence-electron chi connectivity index (χ4n) is 0.753. The summed E-state index contributed by atoms with van der Waals surface area (Å²) in [6.07, 6.45) is 0. The Morgan fingerprint density at radius 2 is 2.27 bits per heavy atom. The molecule has 0 saturated carbocycles. The molecule has 0 aliphatic carbocycles. The molecule has 4 heteroatoms. The first kappa shape index (κ1) is 7.92. The van der Waals surface area contributed by atoms with Gasteiger partial charge < -0.3 is 0 Å². The molecule has 11 heavy (non-hydrogen) atoms. The quantitative estimate of drug-likeness (QED) is 0.349. The van der Waals surface area contributed by atoms with Crippen LogP contribution in [0.3, 0.4) is 0 Å². The van der Waals surface area contributed by atoms with Gasteiger partial charge in [0.15, 0.2) is 0 Å². The van der Waals surface area contributed by atoms with Crippen molar-refractivity contribution in [2.45, 2.75) is 6.92 Å². The molecular formula is C7H6ClN3. The molecule has 0 saturated heterocycles. The lowest BCUT2D eigenvalue weighted by molar-refractivity contribution is 1.38. The molecule has 0 spiro atoms. The lowest BCUT2D eigenvalue weighted by Gasteiger charge is -1.98. The summed E-state index contributed by atoms with van der Waals surface area (Å²) in [6, 6.07) is 5.23. The molecule has 56 valence electrons. The zero-order chi connectivity index (χ0) is 8.27. The molecule has 0 aliphatic rings. The smallest absolute Gasteiger partial charge is 0.0439 e. The van der Waals surface area contributed by atoms with Crippen LogP contribution in [0.15, 0.2) is 23.3 Å². The summed E-state index contributed by atoms with van der Waals surface area (Å²) in [4.78, 5) is 2.67. The van der Waals surface area contributed by atoms with E-state index in [0.29, 0.717) is 10.7 Å². The Labute approximate surface area is 69.2 Å². The van der Waals surface area contributed by atoms with Gasteiger partial charge in [0, 0.05) is 15.6 Å². The predicted molar refractivity (Wildman–Crippen MR) is 45.0 cm³/mol. The van der Waals surface area contributed by atoms with Crippen molar-refractivity contribution in [3.63, 3.8) is 0 Å². The molecule has 0 aliphatic heterocycles. The van der Waals surface area contributed by atoms with Gasteiger partial charge in [-0.25, -0.2) is 0 Å².